The van der Waals surface area contributed by atoms with Gasteiger partial charge in [0.15, 0.2) is 11.6 Å². The van der Waals surface area contributed by atoms with Crippen molar-refractivity contribution in [3.63, 3.8) is 0 Å². The molecular weight excluding hydrogens is 261 g/mol. The molecule has 0 unspecified atom stereocenters. The highest BCUT2D eigenvalue weighted by Gasteiger charge is 2.11. The number of halogens is 1. The summed E-state index contributed by atoms with van der Waals surface area (Å²) < 4.78 is 14.6. The highest BCUT2D eigenvalue weighted by atomic mass is 19.1. The van der Waals surface area contributed by atoms with Gasteiger partial charge in [-0.1, -0.05) is 12.1 Å². The summed E-state index contributed by atoms with van der Waals surface area (Å²) in [5.74, 6) is -0.264. The predicted octanol–water partition coefficient (Wildman–Crippen LogP) is 2.08. The summed E-state index contributed by atoms with van der Waals surface area (Å²) in [6.45, 7) is 1.61. The molecule has 0 atom stereocenters. The van der Waals surface area contributed by atoms with Crippen LogP contribution in [-0.2, 0) is 0 Å². The van der Waals surface area contributed by atoms with Crippen LogP contribution in [0.5, 0.6) is 5.75 Å². The van der Waals surface area contributed by atoms with Crippen LogP contribution in [0.4, 0.5) is 4.39 Å². The third-order valence-electron chi connectivity index (χ3n) is 2.82. The lowest BCUT2D eigenvalue weighted by Crippen LogP contribution is -2.28. The average molecular weight is 271 g/mol. The molecule has 3 aromatic rings. The number of hydrogen-bond acceptors (Lipinski definition) is 4. The zero-order valence-corrected chi connectivity index (χ0v) is 10.6. The molecule has 0 aliphatic rings. The van der Waals surface area contributed by atoms with Gasteiger partial charge < -0.3 is 4.84 Å². The number of hydrogen-bond donors (Lipinski definition) is 0. The molecule has 0 saturated carbocycles. The van der Waals surface area contributed by atoms with Gasteiger partial charge in [0.1, 0.15) is 5.82 Å². The van der Waals surface area contributed by atoms with E-state index >= 15 is 0 Å². The van der Waals surface area contributed by atoms with Gasteiger partial charge in [0.2, 0.25) is 0 Å². The van der Waals surface area contributed by atoms with Crippen LogP contribution in [0.15, 0.2) is 47.5 Å². The summed E-state index contributed by atoms with van der Waals surface area (Å²) in [6.07, 6.45) is 2.99. The minimum absolute atomic E-state index is 0.0343. The second-order valence-corrected chi connectivity index (χ2v) is 4.17. The molecule has 5 nitrogen and oxygen atoms in total. The fourth-order valence-electron chi connectivity index (χ4n) is 1.86. The van der Waals surface area contributed by atoms with Crippen molar-refractivity contribution in [3.05, 3.63) is 64.7 Å². The number of aromatic nitrogens is 3. The summed E-state index contributed by atoms with van der Waals surface area (Å²) in [5, 5.41) is 0.363. The largest absolute Gasteiger partial charge is 0.367 e. The zero-order chi connectivity index (χ0) is 14.1. The molecule has 0 amide bonds. The predicted molar refractivity (Wildman–Crippen MR) is 71.0 cm³/mol. The number of fused-ring (bicyclic) bond motifs is 1. The highest BCUT2D eigenvalue weighted by molar-refractivity contribution is 5.76. The Hall–Kier alpha value is -2.76. The minimum Gasteiger partial charge on any atom is -0.367 e. The zero-order valence-electron chi connectivity index (χ0n) is 10.6. The molecule has 0 N–H and O–H groups in total. The maximum Gasteiger partial charge on any atom is 0.294 e. The Kier molecular flexibility index (Phi) is 2.90. The van der Waals surface area contributed by atoms with Crippen molar-refractivity contribution in [3.8, 4) is 5.75 Å². The van der Waals surface area contributed by atoms with Crippen LogP contribution in [0.2, 0.25) is 0 Å². The van der Waals surface area contributed by atoms with E-state index in [9.17, 15) is 9.18 Å². The van der Waals surface area contributed by atoms with Gasteiger partial charge in [-0.2, -0.15) is 0 Å². The smallest absolute Gasteiger partial charge is 0.294 e. The van der Waals surface area contributed by atoms with Crippen LogP contribution in [0.1, 0.15) is 5.82 Å². The van der Waals surface area contributed by atoms with E-state index in [1.165, 1.54) is 24.5 Å². The number of pyridine rings is 1. The normalized spacial score (nSPS) is 10.7. The summed E-state index contributed by atoms with van der Waals surface area (Å²) in [5.41, 5.74) is 0.0709. The van der Waals surface area contributed by atoms with Crippen molar-refractivity contribution in [2.24, 2.45) is 0 Å². The maximum atomic E-state index is 13.6. The molecule has 0 aliphatic carbocycles. The fraction of sp³-hybridized carbons (Fsp3) is 0.0714. The molecule has 2 heterocycles. The third-order valence-corrected chi connectivity index (χ3v) is 2.82. The molecule has 0 aliphatic heterocycles. The second-order valence-electron chi connectivity index (χ2n) is 4.17. The standard InChI is InChI=1S/C14H10FN3O2/c1-9-17-12-8-16-7-6-10(12)14(19)18(9)20-13-5-3-2-4-11(13)15/h2-8H,1H3. The fourth-order valence-corrected chi connectivity index (χ4v) is 1.86. The lowest BCUT2D eigenvalue weighted by Gasteiger charge is -2.11. The van der Waals surface area contributed by atoms with E-state index in [-0.39, 0.29) is 5.75 Å². The van der Waals surface area contributed by atoms with Gasteiger partial charge in [0, 0.05) is 6.20 Å². The Bertz CT molecular complexity index is 845. The van der Waals surface area contributed by atoms with E-state index < -0.39 is 11.4 Å². The number of nitrogens with zero attached hydrogens (tertiary/aromatic N) is 3. The van der Waals surface area contributed by atoms with Crippen molar-refractivity contribution in [1.82, 2.24) is 14.7 Å². The number of para-hydroxylation sites is 1. The number of aryl methyl sites for hydroxylation is 1. The van der Waals surface area contributed by atoms with Crippen molar-refractivity contribution < 1.29 is 9.23 Å². The first-order valence-electron chi connectivity index (χ1n) is 5.93. The van der Waals surface area contributed by atoms with E-state index in [1.807, 2.05) is 0 Å². The molecule has 0 saturated heterocycles. The van der Waals surface area contributed by atoms with Gasteiger partial charge in [-0.15, -0.1) is 4.73 Å². The Morgan fingerprint density at radius 1 is 1.25 bits per heavy atom. The number of benzene rings is 1. The first-order chi connectivity index (χ1) is 9.66. The van der Waals surface area contributed by atoms with E-state index in [1.54, 1.807) is 25.1 Å². The first-order valence-corrected chi connectivity index (χ1v) is 5.93. The Morgan fingerprint density at radius 2 is 2.05 bits per heavy atom. The molecule has 1 aromatic carbocycles. The first kappa shape index (κ1) is 12.3. The van der Waals surface area contributed by atoms with Crippen LogP contribution in [0, 0.1) is 12.7 Å². The summed E-state index contributed by atoms with van der Waals surface area (Å²) in [6, 6.07) is 7.41. The number of rotatable bonds is 2. The molecule has 0 spiro atoms. The molecule has 0 radical (unpaired) electrons. The van der Waals surface area contributed by atoms with Crippen molar-refractivity contribution in [2.75, 3.05) is 0 Å². The van der Waals surface area contributed by atoms with Crippen molar-refractivity contribution in [1.29, 1.82) is 0 Å². The van der Waals surface area contributed by atoms with Gasteiger partial charge in [-0.3, -0.25) is 9.78 Å². The lowest BCUT2D eigenvalue weighted by atomic mass is 10.3. The Morgan fingerprint density at radius 3 is 2.85 bits per heavy atom. The molecule has 3 rings (SSSR count). The molecular formula is C14H10FN3O2. The Balaban J connectivity index is 2.17. The molecule has 0 bridgehead atoms. The SMILES string of the molecule is Cc1nc2cnccc2c(=O)n1Oc1ccccc1F. The molecule has 2 aromatic heterocycles. The summed E-state index contributed by atoms with van der Waals surface area (Å²) in [7, 11) is 0. The molecule has 20 heavy (non-hydrogen) atoms. The highest BCUT2D eigenvalue weighted by Crippen LogP contribution is 2.16. The Labute approximate surface area is 113 Å². The minimum atomic E-state index is -0.548. The van der Waals surface area contributed by atoms with E-state index in [4.69, 9.17) is 4.84 Å². The van der Waals surface area contributed by atoms with Crippen LogP contribution >= 0.6 is 0 Å². The summed E-state index contributed by atoms with van der Waals surface area (Å²) >= 11 is 0. The second kappa shape index (κ2) is 4.73. The van der Waals surface area contributed by atoms with Crippen LogP contribution in [-0.4, -0.2) is 14.7 Å². The quantitative estimate of drug-likeness (QED) is 0.716. The maximum absolute atomic E-state index is 13.6. The lowest BCUT2D eigenvalue weighted by molar-refractivity contribution is 0.186. The average Bonchev–Trinajstić information content (AvgIpc) is 2.45. The van der Waals surface area contributed by atoms with Gasteiger partial charge in [-0.25, -0.2) is 9.37 Å². The van der Waals surface area contributed by atoms with E-state index in [0.717, 1.165) is 4.73 Å². The molecule has 6 heteroatoms. The van der Waals surface area contributed by atoms with E-state index in [2.05, 4.69) is 9.97 Å². The van der Waals surface area contributed by atoms with Crippen molar-refractivity contribution in [2.45, 2.75) is 6.92 Å². The van der Waals surface area contributed by atoms with Crippen LogP contribution in [0.3, 0.4) is 0 Å². The van der Waals surface area contributed by atoms with E-state index in [0.29, 0.717) is 16.7 Å². The van der Waals surface area contributed by atoms with Gasteiger partial charge in [-0.05, 0) is 25.1 Å². The van der Waals surface area contributed by atoms with Crippen LogP contribution < -0.4 is 10.4 Å². The molecule has 0 fully saturated rings. The van der Waals surface area contributed by atoms with Crippen molar-refractivity contribution >= 4 is 10.9 Å². The monoisotopic (exact) mass is 271 g/mol. The topological polar surface area (TPSA) is 57.0 Å². The third kappa shape index (κ3) is 2.01. The molecule has 100 valence electrons. The van der Waals surface area contributed by atoms with Gasteiger partial charge in [0.05, 0.1) is 17.1 Å². The van der Waals surface area contributed by atoms with Gasteiger partial charge >= 0.3 is 0 Å². The van der Waals surface area contributed by atoms with Crippen LogP contribution in [0.25, 0.3) is 10.9 Å². The van der Waals surface area contributed by atoms with Gasteiger partial charge in [0.25, 0.3) is 5.56 Å². The summed E-state index contributed by atoms with van der Waals surface area (Å²) in [4.78, 5) is 25.8.